The maximum Gasteiger partial charge on any atom is 0.340 e. The van der Waals surface area contributed by atoms with Crippen molar-refractivity contribution in [3.63, 3.8) is 0 Å². The van der Waals surface area contributed by atoms with Gasteiger partial charge in [0, 0.05) is 23.1 Å². The van der Waals surface area contributed by atoms with Crippen LogP contribution in [0.25, 0.3) is 0 Å². The smallest absolute Gasteiger partial charge is 0.340 e. The molecule has 0 radical (unpaired) electrons. The van der Waals surface area contributed by atoms with Gasteiger partial charge in [-0.15, -0.1) is 11.8 Å². The molecule has 3 nitrogen and oxygen atoms in total. The Labute approximate surface area is 118 Å². The zero-order valence-corrected chi connectivity index (χ0v) is 11.2. The fraction of sp³-hybridized carbons (Fsp3) is 0.0714. The highest BCUT2D eigenvalue weighted by Crippen LogP contribution is 2.32. The lowest BCUT2D eigenvalue weighted by molar-refractivity contribution is 0.0690. The Morgan fingerprint density at radius 2 is 1.85 bits per heavy atom. The van der Waals surface area contributed by atoms with Gasteiger partial charge in [-0.1, -0.05) is 6.07 Å². The highest BCUT2D eigenvalue weighted by molar-refractivity contribution is 7.98. The second kappa shape index (κ2) is 5.92. The zero-order valence-electron chi connectivity index (χ0n) is 10.4. The maximum atomic E-state index is 13.1. The van der Waals surface area contributed by atoms with Gasteiger partial charge in [0.05, 0.1) is 0 Å². The monoisotopic (exact) mass is 296 g/mol. The van der Waals surface area contributed by atoms with Crippen LogP contribution in [0.1, 0.15) is 10.4 Å². The van der Waals surface area contributed by atoms with E-state index >= 15 is 0 Å². The number of rotatable bonds is 4. The molecule has 1 N–H and O–H groups in total. The van der Waals surface area contributed by atoms with Crippen LogP contribution in [0.2, 0.25) is 0 Å². The standard InChI is InChI=1S/C14H10F2O3S/c1-20-12-4-2-3-11(13(12)14(17)18)19-10-6-8(15)5-9(16)7-10/h2-7H,1H3,(H,17,18). The number of thioether (sulfide) groups is 1. The Morgan fingerprint density at radius 1 is 1.20 bits per heavy atom. The third-order valence-corrected chi connectivity index (χ3v) is 3.27. The SMILES string of the molecule is CSc1cccc(Oc2cc(F)cc(F)c2)c1C(=O)O. The first-order valence-corrected chi connectivity index (χ1v) is 6.78. The minimum Gasteiger partial charge on any atom is -0.478 e. The van der Waals surface area contributed by atoms with Crippen molar-refractivity contribution in [1.82, 2.24) is 0 Å². The lowest BCUT2D eigenvalue weighted by Gasteiger charge is -2.11. The molecular weight excluding hydrogens is 286 g/mol. The van der Waals surface area contributed by atoms with E-state index in [0.717, 1.165) is 12.1 Å². The lowest BCUT2D eigenvalue weighted by atomic mass is 10.2. The third kappa shape index (κ3) is 3.08. The summed E-state index contributed by atoms with van der Waals surface area (Å²) in [4.78, 5) is 11.8. The maximum absolute atomic E-state index is 13.1. The van der Waals surface area contributed by atoms with Gasteiger partial charge < -0.3 is 9.84 Å². The summed E-state index contributed by atoms with van der Waals surface area (Å²) in [5.41, 5.74) is -0.0373. The molecule has 0 amide bonds. The van der Waals surface area contributed by atoms with E-state index in [1.165, 1.54) is 17.8 Å². The van der Waals surface area contributed by atoms with Crippen LogP contribution in [-0.2, 0) is 0 Å². The first-order valence-electron chi connectivity index (χ1n) is 5.55. The second-order valence-electron chi connectivity index (χ2n) is 3.85. The number of carbonyl (C=O) groups is 1. The Bertz CT molecular complexity index is 639. The highest BCUT2D eigenvalue weighted by atomic mass is 32.2. The predicted octanol–water partition coefficient (Wildman–Crippen LogP) is 4.18. The van der Waals surface area contributed by atoms with E-state index in [0.29, 0.717) is 11.0 Å². The fourth-order valence-corrected chi connectivity index (χ4v) is 2.30. The van der Waals surface area contributed by atoms with Gasteiger partial charge in [-0.2, -0.15) is 0 Å². The summed E-state index contributed by atoms with van der Waals surface area (Å²) < 4.78 is 31.5. The van der Waals surface area contributed by atoms with E-state index in [9.17, 15) is 18.7 Å². The molecular formula is C14H10F2O3S. The second-order valence-corrected chi connectivity index (χ2v) is 4.69. The van der Waals surface area contributed by atoms with Crippen LogP contribution in [0.15, 0.2) is 41.3 Å². The number of hydrogen-bond donors (Lipinski definition) is 1. The van der Waals surface area contributed by atoms with Gasteiger partial charge >= 0.3 is 5.97 Å². The lowest BCUT2D eigenvalue weighted by Crippen LogP contribution is -2.02. The molecule has 0 aromatic heterocycles. The normalized spacial score (nSPS) is 10.3. The molecule has 0 saturated carbocycles. The van der Waals surface area contributed by atoms with E-state index in [1.54, 1.807) is 18.4 Å². The van der Waals surface area contributed by atoms with Crippen LogP contribution >= 0.6 is 11.8 Å². The van der Waals surface area contributed by atoms with Crippen molar-refractivity contribution >= 4 is 17.7 Å². The van der Waals surface area contributed by atoms with Crippen LogP contribution in [0.5, 0.6) is 11.5 Å². The van der Waals surface area contributed by atoms with Gasteiger partial charge in [0.1, 0.15) is 28.7 Å². The average molecular weight is 296 g/mol. The number of hydrogen-bond acceptors (Lipinski definition) is 3. The molecule has 2 aromatic rings. The minimum absolute atomic E-state index is 0.0364. The molecule has 0 bridgehead atoms. The molecule has 0 fully saturated rings. The third-order valence-electron chi connectivity index (χ3n) is 2.49. The first-order chi connectivity index (χ1) is 9.51. The molecule has 0 saturated heterocycles. The number of halogens is 2. The molecule has 0 aliphatic heterocycles. The molecule has 2 aromatic carbocycles. The van der Waals surface area contributed by atoms with Gasteiger partial charge in [0.2, 0.25) is 0 Å². The summed E-state index contributed by atoms with van der Waals surface area (Å²) in [7, 11) is 0. The van der Waals surface area contributed by atoms with Crippen molar-refractivity contribution in [2.75, 3.05) is 6.26 Å². The van der Waals surface area contributed by atoms with Gasteiger partial charge in [0.15, 0.2) is 0 Å². The van der Waals surface area contributed by atoms with Crippen LogP contribution in [-0.4, -0.2) is 17.3 Å². The Kier molecular flexibility index (Phi) is 4.24. The van der Waals surface area contributed by atoms with Crippen molar-refractivity contribution in [3.05, 3.63) is 53.6 Å². The topological polar surface area (TPSA) is 46.5 Å². The van der Waals surface area contributed by atoms with Crippen LogP contribution in [0.3, 0.4) is 0 Å². The largest absolute Gasteiger partial charge is 0.478 e. The molecule has 104 valence electrons. The quantitative estimate of drug-likeness (QED) is 0.860. The fourth-order valence-electron chi connectivity index (χ4n) is 1.69. The number of ether oxygens (including phenoxy) is 1. The summed E-state index contributed by atoms with van der Waals surface area (Å²) in [5.74, 6) is -2.81. The van der Waals surface area contributed by atoms with Gasteiger partial charge in [-0.3, -0.25) is 0 Å². The average Bonchev–Trinajstić information content (AvgIpc) is 2.36. The van der Waals surface area contributed by atoms with E-state index in [-0.39, 0.29) is 17.1 Å². The zero-order chi connectivity index (χ0) is 14.7. The predicted molar refractivity (Wildman–Crippen MR) is 71.6 cm³/mol. The van der Waals surface area contributed by atoms with E-state index in [1.807, 2.05) is 0 Å². The van der Waals surface area contributed by atoms with Crippen molar-refractivity contribution in [2.24, 2.45) is 0 Å². The molecule has 0 spiro atoms. The van der Waals surface area contributed by atoms with Crippen LogP contribution in [0, 0.1) is 11.6 Å². The molecule has 6 heteroatoms. The van der Waals surface area contributed by atoms with E-state index in [2.05, 4.69) is 0 Å². The first kappa shape index (κ1) is 14.3. The molecule has 0 heterocycles. The van der Waals surface area contributed by atoms with Crippen molar-refractivity contribution in [3.8, 4) is 11.5 Å². The number of aromatic carboxylic acids is 1. The molecule has 0 atom stereocenters. The van der Waals surface area contributed by atoms with Crippen molar-refractivity contribution in [1.29, 1.82) is 0 Å². The molecule has 0 aliphatic rings. The summed E-state index contributed by atoms with van der Waals surface area (Å²) in [6.45, 7) is 0. The Morgan fingerprint density at radius 3 is 2.40 bits per heavy atom. The van der Waals surface area contributed by atoms with Gasteiger partial charge in [0.25, 0.3) is 0 Å². The van der Waals surface area contributed by atoms with Crippen molar-refractivity contribution < 1.29 is 23.4 Å². The summed E-state index contributed by atoms with van der Waals surface area (Å²) in [6.07, 6.45) is 1.73. The van der Waals surface area contributed by atoms with Gasteiger partial charge in [-0.25, -0.2) is 13.6 Å². The molecule has 20 heavy (non-hydrogen) atoms. The van der Waals surface area contributed by atoms with Crippen molar-refractivity contribution in [2.45, 2.75) is 4.90 Å². The Balaban J connectivity index is 2.45. The molecule has 2 rings (SSSR count). The minimum atomic E-state index is -1.16. The van der Waals surface area contributed by atoms with Crippen LogP contribution < -0.4 is 4.74 Å². The Hall–Kier alpha value is -2.08. The summed E-state index contributed by atoms with van der Waals surface area (Å²) in [5, 5.41) is 9.22. The molecule has 0 aliphatic carbocycles. The van der Waals surface area contributed by atoms with E-state index < -0.39 is 17.6 Å². The number of carboxylic acids is 1. The number of carboxylic acid groups (broad SMARTS) is 1. The highest BCUT2D eigenvalue weighted by Gasteiger charge is 2.17. The van der Waals surface area contributed by atoms with Crippen LogP contribution in [0.4, 0.5) is 8.78 Å². The summed E-state index contributed by atoms with van der Waals surface area (Å²) in [6, 6.07) is 7.37. The number of benzene rings is 2. The molecule has 0 unspecified atom stereocenters. The van der Waals surface area contributed by atoms with E-state index in [4.69, 9.17) is 4.74 Å². The van der Waals surface area contributed by atoms with Gasteiger partial charge in [-0.05, 0) is 18.4 Å². The summed E-state index contributed by atoms with van der Waals surface area (Å²) >= 11 is 1.25.